The van der Waals surface area contributed by atoms with Crippen LogP contribution in [0.2, 0.25) is 0 Å². The van der Waals surface area contributed by atoms with Gasteiger partial charge in [-0.3, -0.25) is 4.79 Å². The quantitative estimate of drug-likeness (QED) is 0.757. The van der Waals surface area contributed by atoms with Gasteiger partial charge in [-0.25, -0.2) is 9.97 Å². The first-order chi connectivity index (χ1) is 10.3. The Balaban J connectivity index is 1.79. The molecule has 0 atom stereocenters. The molecular weight excluding hydrogens is 264 g/mol. The Bertz CT molecular complexity index is 426. The molecule has 0 saturated heterocycles. The number of hydrogen-bond donors (Lipinski definition) is 2. The summed E-state index contributed by atoms with van der Waals surface area (Å²) in [5.74, 6) is 0.632. The minimum atomic E-state index is -0.136. The summed E-state index contributed by atoms with van der Waals surface area (Å²) in [5, 5.41) is 6.27. The molecule has 0 bridgehead atoms. The molecule has 1 aromatic rings. The lowest BCUT2D eigenvalue weighted by molar-refractivity contribution is 0.0947. The van der Waals surface area contributed by atoms with Crippen LogP contribution in [-0.2, 0) is 0 Å². The number of nitrogens with one attached hydrogen (secondary N) is 2. The van der Waals surface area contributed by atoms with Crippen LogP contribution in [0.4, 0.5) is 5.82 Å². The van der Waals surface area contributed by atoms with Crippen molar-refractivity contribution in [2.75, 3.05) is 11.9 Å². The third kappa shape index (κ3) is 5.33. The van der Waals surface area contributed by atoms with Crippen molar-refractivity contribution in [3.63, 3.8) is 0 Å². The van der Waals surface area contributed by atoms with E-state index < -0.39 is 0 Å². The van der Waals surface area contributed by atoms with Crippen LogP contribution in [0.15, 0.2) is 12.4 Å². The SMILES string of the molecule is CCCCCNC(=O)c1cnc(NC2CCCCC2)cn1. The van der Waals surface area contributed by atoms with Crippen molar-refractivity contribution in [2.24, 2.45) is 0 Å². The molecule has 5 heteroatoms. The number of carbonyl (C=O) groups is 1. The molecule has 1 saturated carbocycles. The largest absolute Gasteiger partial charge is 0.366 e. The smallest absolute Gasteiger partial charge is 0.271 e. The molecule has 1 heterocycles. The second-order valence-corrected chi connectivity index (χ2v) is 5.73. The van der Waals surface area contributed by atoms with Gasteiger partial charge in [-0.05, 0) is 19.3 Å². The molecular formula is C16H26N4O. The third-order valence-corrected chi connectivity index (χ3v) is 3.91. The fourth-order valence-corrected chi connectivity index (χ4v) is 2.64. The number of hydrogen-bond acceptors (Lipinski definition) is 4. The van der Waals surface area contributed by atoms with E-state index in [2.05, 4.69) is 27.5 Å². The Labute approximate surface area is 127 Å². The summed E-state index contributed by atoms with van der Waals surface area (Å²) >= 11 is 0. The van der Waals surface area contributed by atoms with Gasteiger partial charge in [0.1, 0.15) is 11.5 Å². The number of anilines is 1. The summed E-state index contributed by atoms with van der Waals surface area (Å²) < 4.78 is 0. The number of unbranched alkanes of at least 4 members (excludes halogenated alkanes) is 2. The molecule has 1 aliphatic carbocycles. The fraction of sp³-hybridized carbons (Fsp3) is 0.688. The second kappa shape index (κ2) is 8.60. The van der Waals surface area contributed by atoms with Crippen LogP contribution in [-0.4, -0.2) is 28.5 Å². The molecule has 1 amide bonds. The van der Waals surface area contributed by atoms with E-state index in [0.717, 1.165) is 25.1 Å². The van der Waals surface area contributed by atoms with Gasteiger partial charge in [0.15, 0.2) is 0 Å². The first-order valence-electron chi connectivity index (χ1n) is 8.16. The Morgan fingerprint density at radius 3 is 2.67 bits per heavy atom. The van der Waals surface area contributed by atoms with E-state index in [1.165, 1.54) is 32.1 Å². The third-order valence-electron chi connectivity index (χ3n) is 3.91. The predicted octanol–water partition coefficient (Wildman–Crippen LogP) is 3.14. The van der Waals surface area contributed by atoms with Gasteiger partial charge in [0.25, 0.3) is 5.91 Å². The molecule has 0 aromatic carbocycles. The van der Waals surface area contributed by atoms with Crippen LogP contribution in [0, 0.1) is 0 Å². The number of carbonyl (C=O) groups excluding carboxylic acids is 1. The first kappa shape index (κ1) is 15.7. The predicted molar refractivity (Wildman–Crippen MR) is 84.4 cm³/mol. The molecule has 116 valence electrons. The molecule has 21 heavy (non-hydrogen) atoms. The highest BCUT2D eigenvalue weighted by Crippen LogP contribution is 2.20. The van der Waals surface area contributed by atoms with Gasteiger partial charge in [-0.15, -0.1) is 0 Å². The van der Waals surface area contributed by atoms with E-state index in [0.29, 0.717) is 18.3 Å². The van der Waals surface area contributed by atoms with Gasteiger partial charge < -0.3 is 10.6 Å². The molecule has 0 radical (unpaired) electrons. The van der Waals surface area contributed by atoms with E-state index in [-0.39, 0.29) is 5.91 Å². The van der Waals surface area contributed by atoms with Gasteiger partial charge in [0.2, 0.25) is 0 Å². The number of aromatic nitrogens is 2. The van der Waals surface area contributed by atoms with Crippen molar-refractivity contribution in [3.05, 3.63) is 18.1 Å². The first-order valence-corrected chi connectivity index (χ1v) is 8.16. The van der Waals surface area contributed by atoms with Crippen molar-refractivity contribution in [2.45, 2.75) is 64.3 Å². The van der Waals surface area contributed by atoms with Gasteiger partial charge in [-0.2, -0.15) is 0 Å². The van der Waals surface area contributed by atoms with E-state index in [4.69, 9.17) is 0 Å². The summed E-state index contributed by atoms with van der Waals surface area (Å²) in [7, 11) is 0. The van der Waals surface area contributed by atoms with Gasteiger partial charge in [0.05, 0.1) is 12.4 Å². The van der Waals surface area contributed by atoms with E-state index in [9.17, 15) is 4.79 Å². The number of amides is 1. The molecule has 0 spiro atoms. The highest BCUT2D eigenvalue weighted by atomic mass is 16.1. The van der Waals surface area contributed by atoms with E-state index in [1.807, 2.05) is 0 Å². The zero-order valence-electron chi connectivity index (χ0n) is 12.9. The molecule has 1 aliphatic rings. The van der Waals surface area contributed by atoms with Crippen LogP contribution in [0.1, 0.15) is 68.8 Å². The average molecular weight is 290 g/mol. The molecule has 0 unspecified atom stereocenters. The van der Waals surface area contributed by atoms with Crippen LogP contribution in [0.25, 0.3) is 0 Å². The van der Waals surface area contributed by atoms with E-state index >= 15 is 0 Å². The van der Waals surface area contributed by atoms with Gasteiger partial charge in [0, 0.05) is 12.6 Å². The molecule has 2 N–H and O–H groups in total. The highest BCUT2D eigenvalue weighted by Gasteiger charge is 2.14. The fourth-order valence-electron chi connectivity index (χ4n) is 2.64. The summed E-state index contributed by atoms with van der Waals surface area (Å²) in [5.41, 5.74) is 0.390. The average Bonchev–Trinajstić information content (AvgIpc) is 2.53. The lowest BCUT2D eigenvalue weighted by Gasteiger charge is -2.23. The van der Waals surface area contributed by atoms with Crippen molar-refractivity contribution >= 4 is 11.7 Å². The summed E-state index contributed by atoms with van der Waals surface area (Å²) in [4.78, 5) is 20.4. The Hall–Kier alpha value is -1.65. The summed E-state index contributed by atoms with van der Waals surface area (Å²) in [6.07, 6.45) is 12.8. The molecule has 0 aliphatic heterocycles. The molecule has 1 fully saturated rings. The monoisotopic (exact) mass is 290 g/mol. The normalized spacial score (nSPS) is 15.7. The Morgan fingerprint density at radius 1 is 1.19 bits per heavy atom. The Kier molecular flexibility index (Phi) is 6.44. The second-order valence-electron chi connectivity index (χ2n) is 5.73. The standard InChI is InChI=1S/C16H26N4O/c1-2-3-7-10-17-16(21)14-11-19-15(12-18-14)20-13-8-5-4-6-9-13/h11-13H,2-10H2,1H3,(H,17,21)(H,19,20). The highest BCUT2D eigenvalue weighted by molar-refractivity contribution is 5.91. The van der Waals surface area contributed by atoms with Crippen molar-refractivity contribution < 1.29 is 4.79 Å². The molecule has 2 rings (SSSR count). The minimum Gasteiger partial charge on any atom is -0.366 e. The van der Waals surface area contributed by atoms with Crippen LogP contribution in [0.5, 0.6) is 0 Å². The van der Waals surface area contributed by atoms with Gasteiger partial charge >= 0.3 is 0 Å². The zero-order valence-corrected chi connectivity index (χ0v) is 12.9. The molecule has 5 nitrogen and oxygen atoms in total. The summed E-state index contributed by atoms with van der Waals surface area (Å²) in [6.45, 7) is 2.85. The summed E-state index contributed by atoms with van der Waals surface area (Å²) in [6, 6.07) is 0.502. The van der Waals surface area contributed by atoms with Crippen LogP contribution in [0.3, 0.4) is 0 Å². The van der Waals surface area contributed by atoms with E-state index in [1.54, 1.807) is 12.4 Å². The van der Waals surface area contributed by atoms with Gasteiger partial charge in [-0.1, -0.05) is 39.0 Å². The Morgan fingerprint density at radius 2 is 2.00 bits per heavy atom. The lowest BCUT2D eigenvalue weighted by atomic mass is 9.96. The minimum absolute atomic E-state index is 0.136. The topological polar surface area (TPSA) is 66.9 Å². The maximum atomic E-state index is 11.9. The number of nitrogens with zero attached hydrogens (tertiary/aromatic N) is 2. The lowest BCUT2D eigenvalue weighted by Crippen LogP contribution is -2.26. The van der Waals surface area contributed by atoms with Crippen LogP contribution >= 0.6 is 0 Å². The van der Waals surface area contributed by atoms with Crippen LogP contribution < -0.4 is 10.6 Å². The van der Waals surface area contributed by atoms with Crippen molar-refractivity contribution in [3.8, 4) is 0 Å². The van der Waals surface area contributed by atoms with Crippen molar-refractivity contribution in [1.82, 2.24) is 15.3 Å². The zero-order chi connectivity index (χ0) is 14.9. The number of rotatable bonds is 7. The molecule has 1 aromatic heterocycles. The maximum absolute atomic E-state index is 11.9. The van der Waals surface area contributed by atoms with Crippen molar-refractivity contribution in [1.29, 1.82) is 0 Å². The maximum Gasteiger partial charge on any atom is 0.271 e.